The van der Waals surface area contributed by atoms with Crippen LogP contribution in [0.25, 0.3) is 0 Å². The third kappa shape index (κ3) is 4.55. The quantitative estimate of drug-likeness (QED) is 0.714. The summed E-state index contributed by atoms with van der Waals surface area (Å²) in [6.45, 7) is 5.04. The Morgan fingerprint density at radius 2 is 1.85 bits per heavy atom. The van der Waals surface area contributed by atoms with Gasteiger partial charge in [-0.15, -0.1) is 0 Å². The van der Waals surface area contributed by atoms with Crippen molar-refractivity contribution in [3.8, 4) is 11.5 Å². The molecule has 2 aromatic carbocycles. The van der Waals surface area contributed by atoms with E-state index in [0.29, 0.717) is 26.3 Å². The topological polar surface area (TPSA) is 48.0 Å². The minimum atomic E-state index is -0.208. The number of hydrogen-bond acceptors (Lipinski definition) is 5. The lowest BCUT2D eigenvalue weighted by Crippen LogP contribution is -2.32. The molecule has 1 atom stereocenters. The van der Waals surface area contributed by atoms with Crippen molar-refractivity contribution in [2.75, 3.05) is 26.9 Å². The minimum absolute atomic E-state index is 0.197. The van der Waals surface area contributed by atoms with E-state index in [1.807, 2.05) is 43.3 Å². The normalized spacial score (nSPS) is 14.1. The number of para-hydroxylation sites is 1. The molecule has 1 aliphatic heterocycles. The lowest BCUT2D eigenvalue weighted by atomic mass is 10.1. The highest BCUT2D eigenvalue weighted by Gasteiger charge is 2.21. The second-order valence-electron chi connectivity index (χ2n) is 6.52. The monoisotopic (exact) mass is 355 g/mol. The molecule has 0 aromatic heterocycles. The third-order valence-corrected chi connectivity index (χ3v) is 4.43. The average Bonchev–Trinajstić information content (AvgIpc) is 2.68. The molecule has 3 rings (SSSR count). The minimum Gasteiger partial charge on any atom is -0.486 e. The van der Waals surface area contributed by atoms with E-state index in [0.717, 1.165) is 23.6 Å². The van der Waals surface area contributed by atoms with Crippen LogP contribution in [0.3, 0.4) is 0 Å². The van der Waals surface area contributed by atoms with Crippen molar-refractivity contribution < 1.29 is 19.0 Å². The highest BCUT2D eigenvalue weighted by atomic mass is 16.6. The molecule has 0 spiro atoms. The fourth-order valence-corrected chi connectivity index (χ4v) is 3.19. The molecule has 0 radical (unpaired) electrons. The van der Waals surface area contributed by atoms with Crippen molar-refractivity contribution in [2.24, 2.45) is 5.92 Å². The number of carbonyl (C=O) groups is 1. The van der Waals surface area contributed by atoms with E-state index in [-0.39, 0.29) is 11.9 Å². The maximum absolute atomic E-state index is 11.9. The van der Waals surface area contributed by atoms with Gasteiger partial charge in [-0.25, -0.2) is 0 Å². The Labute approximate surface area is 154 Å². The molecule has 1 heterocycles. The summed E-state index contributed by atoms with van der Waals surface area (Å²) >= 11 is 0. The van der Waals surface area contributed by atoms with Crippen LogP contribution in [-0.2, 0) is 22.6 Å². The van der Waals surface area contributed by atoms with Gasteiger partial charge in [-0.05, 0) is 11.6 Å². The van der Waals surface area contributed by atoms with E-state index in [1.165, 1.54) is 12.7 Å². The van der Waals surface area contributed by atoms with Gasteiger partial charge < -0.3 is 14.2 Å². The second kappa shape index (κ2) is 8.72. The summed E-state index contributed by atoms with van der Waals surface area (Å²) < 4.78 is 16.4. The van der Waals surface area contributed by atoms with Crippen LogP contribution in [0.5, 0.6) is 11.5 Å². The van der Waals surface area contributed by atoms with E-state index in [9.17, 15) is 4.79 Å². The predicted molar refractivity (Wildman–Crippen MR) is 99.2 cm³/mol. The Hall–Kier alpha value is -2.53. The van der Waals surface area contributed by atoms with Gasteiger partial charge >= 0.3 is 5.97 Å². The molecule has 138 valence electrons. The van der Waals surface area contributed by atoms with Crippen molar-refractivity contribution in [1.82, 2.24) is 4.90 Å². The van der Waals surface area contributed by atoms with Crippen molar-refractivity contribution in [2.45, 2.75) is 20.0 Å². The molecule has 2 aromatic rings. The molecule has 0 N–H and O–H groups in total. The van der Waals surface area contributed by atoms with Gasteiger partial charge in [0, 0.05) is 25.2 Å². The summed E-state index contributed by atoms with van der Waals surface area (Å²) in [6, 6.07) is 16.2. The first kappa shape index (κ1) is 18.3. The lowest BCUT2D eigenvalue weighted by Gasteiger charge is -2.27. The Balaban J connectivity index is 1.80. The zero-order valence-electron chi connectivity index (χ0n) is 15.3. The predicted octanol–water partition coefficient (Wildman–Crippen LogP) is 3.27. The van der Waals surface area contributed by atoms with Crippen LogP contribution in [0.15, 0.2) is 48.5 Å². The maximum Gasteiger partial charge on any atom is 0.309 e. The molecule has 5 nitrogen and oxygen atoms in total. The van der Waals surface area contributed by atoms with Crippen molar-refractivity contribution in [3.05, 3.63) is 59.7 Å². The molecule has 1 unspecified atom stereocenters. The molecular weight excluding hydrogens is 330 g/mol. The molecular formula is C21H25NO4. The lowest BCUT2D eigenvalue weighted by molar-refractivity contribution is -0.145. The van der Waals surface area contributed by atoms with Crippen LogP contribution in [-0.4, -0.2) is 37.7 Å². The molecule has 0 fully saturated rings. The van der Waals surface area contributed by atoms with E-state index in [4.69, 9.17) is 14.2 Å². The highest BCUT2D eigenvalue weighted by molar-refractivity contribution is 5.72. The van der Waals surface area contributed by atoms with Gasteiger partial charge in [0.1, 0.15) is 13.2 Å². The van der Waals surface area contributed by atoms with E-state index in [2.05, 4.69) is 17.0 Å². The van der Waals surface area contributed by atoms with Gasteiger partial charge in [0.25, 0.3) is 0 Å². The standard InChI is InChI=1S/C21H25NO4/c1-16(21(23)24-2)13-22(14-17-7-4-3-5-8-17)15-18-9-6-10-19-20(18)26-12-11-25-19/h3-10,16H,11-15H2,1-2H3. The Bertz CT molecular complexity index is 732. The number of rotatable bonds is 7. The molecule has 5 heteroatoms. The number of hydrogen-bond donors (Lipinski definition) is 0. The second-order valence-corrected chi connectivity index (χ2v) is 6.52. The van der Waals surface area contributed by atoms with Crippen molar-refractivity contribution >= 4 is 5.97 Å². The maximum atomic E-state index is 11.9. The first-order valence-corrected chi connectivity index (χ1v) is 8.89. The SMILES string of the molecule is COC(=O)C(C)CN(Cc1ccccc1)Cc1cccc2c1OCCO2. The molecule has 0 bridgehead atoms. The number of methoxy groups -OCH3 is 1. The first-order chi connectivity index (χ1) is 12.7. The molecule has 0 aliphatic carbocycles. The van der Waals surface area contributed by atoms with Crippen molar-refractivity contribution in [1.29, 1.82) is 0 Å². The summed E-state index contributed by atoms with van der Waals surface area (Å²) in [7, 11) is 1.43. The Kier molecular flexibility index (Phi) is 6.12. The van der Waals surface area contributed by atoms with E-state index in [1.54, 1.807) is 0 Å². The average molecular weight is 355 g/mol. The van der Waals surface area contributed by atoms with Crippen LogP contribution in [0, 0.1) is 5.92 Å². The van der Waals surface area contributed by atoms with E-state index >= 15 is 0 Å². The van der Waals surface area contributed by atoms with Crippen LogP contribution < -0.4 is 9.47 Å². The van der Waals surface area contributed by atoms with Crippen LogP contribution in [0.2, 0.25) is 0 Å². The summed E-state index contributed by atoms with van der Waals surface area (Å²) in [4.78, 5) is 14.1. The first-order valence-electron chi connectivity index (χ1n) is 8.89. The molecule has 0 amide bonds. The highest BCUT2D eigenvalue weighted by Crippen LogP contribution is 2.34. The van der Waals surface area contributed by atoms with Gasteiger partial charge in [0.2, 0.25) is 0 Å². The molecule has 0 saturated heterocycles. The number of ether oxygens (including phenoxy) is 3. The Morgan fingerprint density at radius 3 is 2.62 bits per heavy atom. The number of carbonyl (C=O) groups excluding carboxylic acids is 1. The largest absolute Gasteiger partial charge is 0.486 e. The van der Waals surface area contributed by atoms with Gasteiger partial charge in [-0.3, -0.25) is 9.69 Å². The van der Waals surface area contributed by atoms with Crippen LogP contribution >= 0.6 is 0 Å². The molecule has 1 aliphatic rings. The number of fused-ring (bicyclic) bond motifs is 1. The smallest absolute Gasteiger partial charge is 0.309 e. The Morgan fingerprint density at radius 1 is 1.08 bits per heavy atom. The van der Waals surface area contributed by atoms with Crippen molar-refractivity contribution in [3.63, 3.8) is 0 Å². The van der Waals surface area contributed by atoms with Gasteiger partial charge in [-0.2, -0.15) is 0 Å². The van der Waals surface area contributed by atoms with Crippen LogP contribution in [0.4, 0.5) is 0 Å². The number of esters is 1. The molecule has 26 heavy (non-hydrogen) atoms. The third-order valence-electron chi connectivity index (χ3n) is 4.43. The number of benzene rings is 2. The fraction of sp³-hybridized carbons (Fsp3) is 0.381. The van der Waals surface area contributed by atoms with Gasteiger partial charge in [-0.1, -0.05) is 49.4 Å². The fourth-order valence-electron chi connectivity index (χ4n) is 3.19. The summed E-state index contributed by atoms with van der Waals surface area (Å²) in [5.74, 6) is 1.19. The zero-order valence-corrected chi connectivity index (χ0v) is 15.3. The van der Waals surface area contributed by atoms with Crippen LogP contribution in [0.1, 0.15) is 18.1 Å². The van der Waals surface area contributed by atoms with Gasteiger partial charge in [0.15, 0.2) is 11.5 Å². The summed E-state index contributed by atoms with van der Waals surface area (Å²) in [5, 5.41) is 0. The number of nitrogens with zero attached hydrogens (tertiary/aromatic N) is 1. The zero-order chi connectivity index (χ0) is 18.4. The summed E-state index contributed by atoms with van der Waals surface area (Å²) in [5.41, 5.74) is 2.27. The molecule has 0 saturated carbocycles. The van der Waals surface area contributed by atoms with E-state index < -0.39 is 0 Å². The van der Waals surface area contributed by atoms with Gasteiger partial charge in [0.05, 0.1) is 13.0 Å². The summed E-state index contributed by atoms with van der Waals surface area (Å²) in [6.07, 6.45) is 0.